The quantitative estimate of drug-likeness (QED) is 0.809. The largest absolute Gasteiger partial charge is 0.507 e. The molecule has 0 saturated heterocycles. The molecule has 3 N–H and O–H groups in total. The number of aromatic hydroxyl groups is 1. The summed E-state index contributed by atoms with van der Waals surface area (Å²) in [6.45, 7) is -0.0363. The fourth-order valence-electron chi connectivity index (χ4n) is 1.92. The average molecular weight is 269 g/mol. The van der Waals surface area contributed by atoms with Crippen LogP contribution in [0.15, 0.2) is 48.5 Å². The Bertz CT molecular complexity index is 635. The summed E-state index contributed by atoms with van der Waals surface area (Å²) in [4.78, 5) is 23.5. The van der Waals surface area contributed by atoms with Crippen LogP contribution in [0.3, 0.4) is 0 Å². The second kappa shape index (κ2) is 6.12. The Kier molecular flexibility index (Phi) is 4.27. The maximum Gasteiger partial charge on any atom is 0.196 e. The minimum atomic E-state index is -0.250. The van der Waals surface area contributed by atoms with Crippen LogP contribution in [0.4, 0.5) is 0 Å². The van der Waals surface area contributed by atoms with E-state index in [9.17, 15) is 14.7 Å². The van der Waals surface area contributed by atoms with E-state index in [0.717, 1.165) is 0 Å². The van der Waals surface area contributed by atoms with Crippen molar-refractivity contribution in [2.45, 2.75) is 6.42 Å². The monoisotopic (exact) mass is 269 g/mol. The number of carbonyl (C=O) groups is 2. The lowest BCUT2D eigenvalue weighted by Gasteiger charge is -2.06. The van der Waals surface area contributed by atoms with Gasteiger partial charge in [-0.1, -0.05) is 36.4 Å². The van der Waals surface area contributed by atoms with Gasteiger partial charge in [-0.25, -0.2) is 0 Å². The predicted molar refractivity (Wildman–Crippen MR) is 75.7 cm³/mol. The summed E-state index contributed by atoms with van der Waals surface area (Å²) in [7, 11) is 0. The highest BCUT2D eigenvalue weighted by Gasteiger charge is 2.14. The molecule has 0 radical (unpaired) electrons. The number of hydrogen-bond donors (Lipinski definition) is 2. The van der Waals surface area contributed by atoms with Crippen LogP contribution in [-0.4, -0.2) is 23.2 Å². The van der Waals surface area contributed by atoms with Crippen LogP contribution >= 0.6 is 0 Å². The summed E-state index contributed by atoms with van der Waals surface area (Å²) < 4.78 is 0. The first-order chi connectivity index (χ1) is 9.61. The molecular formula is C16H15NO3. The second-order valence-corrected chi connectivity index (χ2v) is 4.47. The van der Waals surface area contributed by atoms with Gasteiger partial charge in [-0.2, -0.15) is 0 Å². The fraction of sp³-hybridized carbons (Fsp3) is 0.125. The number of benzene rings is 2. The number of carbonyl (C=O) groups excluding carboxylic acids is 2. The summed E-state index contributed by atoms with van der Waals surface area (Å²) in [6.07, 6.45) is 0.157. The molecule has 20 heavy (non-hydrogen) atoms. The maximum absolute atomic E-state index is 12.2. The van der Waals surface area contributed by atoms with Gasteiger partial charge in [0.05, 0.1) is 12.1 Å². The summed E-state index contributed by atoms with van der Waals surface area (Å²) >= 11 is 0. The molecule has 0 aromatic heterocycles. The van der Waals surface area contributed by atoms with Gasteiger partial charge in [0.15, 0.2) is 11.6 Å². The minimum Gasteiger partial charge on any atom is -0.507 e. The molecule has 4 nitrogen and oxygen atoms in total. The highest BCUT2D eigenvalue weighted by atomic mass is 16.3. The van der Waals surface area contributed by atoms with E-state index in [1.807, 2.05) is 6.07 Å². The van der Waals surface area contributed by atoms with Gasteiger partial charge in [-0.05, 0) is 17.7 Å². The fourth-order valence-corrected chi connectivity index (χ4v) is 1.92. The van der Waals surface area contributed by atoms with Gasteiger partial charge in [0.1, 0.15) is 5.75 Å². The predicted octanol–water partition coefficient (Wildman–Crippen LogP) is 1.69. The minimum absolute atomic E-state index is 0.0363. The first kappa shape index (κ1) is 14.0. The summed E-state index contributed by atoms with van der Waals surface area (Å²) in [5.41, 5.74) is 6.62. The Morgan fingerprint density at radius 1 is 1.05 bits per heavy atom. The number of hydrogen-bond acceptors (Lipinski definition) is 4. The van der Waals surface area contributed by atoms with E-state index in [2.05, 4.69) is 0 Å². The summed E-state index contributed by atoms with van der Waals surface area (Å²) in [6, 6.07) is 13.3. The van der Waals surface area contributed by atoms with Crippen LogP contribution in [0, 0.1) is 0 Å². The Balaban J connectivity index is 2.26. The molecule has 4 heteroatoms. The number of Topliss-reactive ketones (excluding diaryl/α,β-unsaturated/α-hetero) is 1. The van der Waals surface area contributed by atoms with Gasteiger partial charge in [0, 0.05) is 12.0 Å². The number of ketones is 2. The zero-order chi connectivity index (χ0) is 14.5. The Labute approximate surface area is 116 Å². The molecule has 0 heterocycles. The van der Waals surface area contributed by atoms with Crippen LogP contribution in [0.1, 0.15) is 21.5 Å². The molecular weight excluding hydrogens is 254 g/mol. The lowest BCUT2D eigenvalue weighted by atomic mass is 9.99. The van der Waals surface area contributed by atoms with E-state index in [-0.39, 0.29) is 35.8 Å². The van der Waals surface area contributed by atoms with Crippen molar-refractivity contribution in [2.75, 3.05) is 6.54 Å². The van der Waals surface area contributed by atoms with Crippen molar-refractivity contribution >= 4 is 11.6 Å². The number of nitrogens with two attached hydrogens (primary N) is 1. The number of phenols is 1. The summed E-state index contributed by atoms with van der Waals surface area (Å²) in [5, 5.41) is 9.95. The molecule has 2 rings (SSSR count). The van der Waals surface area contributed by atoms with Gasteiger partial charge in [0.2, 0.25) is 0 Å². The maximum atomic E-state index is 12.2. The molecule has 0 aliphatic rings. The second-order valence-electron chi connectivity index (χ2n) is 4.47. The standard InChI is InChI=1S/C16H15NO3/c17-10-13(18)8-11-6-7-14(15(19)9-11)16(20)12-4-2-1-3-5-12/h1-7,9,19H,8,10,17H2. The van der Waals surface area contributed by atoms with Crippen molar-refractivity contribution in [3.05, 3.63) is 65.2 Å². The zero-order valence-electron chi connectivity index (χ0n) is 10.9. The normalized spacial score (nSPS) is 10.2. The molecule has 2 aromatic rings. The van der Waals surface area contributed by atoms with E-state index in [4.69, 9.17) is 5.73 Å². The first-order valence-electron chi connectivity index (χ1n) is 6.25. The smallest absolute Gasteiger partial charge is 0.196 e. The first-order valence-corrected chi connectivity index (χ1v) is 6.25. The molecule has 0 bridgehead atoms. The summed E-state index contributed by atoms with van der Waals surface area (Å²) in [5.74, 6) is -0.493. The van der Waals surface area contributed by atoms with Crippen LogP contribution in [0.5, 0.6) is 5.75 Å². The van der Waals surface area contributed by atoms with Crippen LogP contribution in [-0.2, 0) is 11.2 Å². The molecule has 0 unspecified atom stereocenters. The third kappa shape index (κ3) is 3.10. The average Bonchev–Trinajstić information content (AvgIpc) is 2.47. The van der Waals surface area contributed by atoms with E-state index in [0.29, 0.717) is 11.1 Å². The highest BCUT2D eigenvalue weighted by Crippen LogP contribution is 2.22. The van der Waals surface area contributed by atoms with Gasteiger partial charge in [-0.3, -0.25) is 9.59 Å². The molecule has 2 aromatic carbocycles. The molecule has 0 saturated carbocycles. The van der Waals surface area contributed by atoms with E-state index in [1.54, 1.807) is 30.3 Å². The molecule has 0 amide bonds. The van der Waals surface area contributed by atoms with Crippen molar-refractivity contribution in [1.29, 1.82) is 0 Å². The van der Waals surface area contributed by atoms with Gasteiger partial charge < -0.3 is 10.8 Å². The van der Waals surface area contributed by atoms with Crippen molar-refractivity contribution < 1.29 is 14.7 Å². The lowest BCUT2D eigenvalue weighted by Crippen LogP contribution is -2.15. The number of phenolic OH excluding ortho intramolecular Hbond substituents is 1. The Morgan fingerprint density at radius 3 is 2.35 bits per heavy atom. The highest BCUT2D eigenvalue weighted by molar-refractivity contribution is 6.10. The van der Waals surface area contributed by atoms with E-state index < -0.39 is 0 Å². The number of rotatable bonds is 5. The van der Waals surface area contributed by atoms with Crippen molar-refractivity contribution in [2.24, 2.45) is 5.73 Å². The van der Waals surface area contributed by atoms with Crippen LogP contribution in [0.25, 0.3) is 0 Å². The van der Waals surface area contributed by atoms with Gasteiger partial charge in [0.25, 0.3) is 0 Å². The molecule has 102 valence electrons. The molecule has 0 spiro atoms. The SMILES string of the molecule is NCC(=O)Cc1ccc(C(=O)c2ccccc2)c(O)c1. The van der Waals surface area contributed by atoms with Gasteiger partial charge in [-0.15, -0.1) is 0 Å². The van der Waals surface area contributed by atoms with E-state index >= 15 is 0 Å². The third-order valence-corrected chi connectivity index (χ3v) is 2.97. The molecule has 0 atom stereocenters. The van der Waals surface area contributed by atoms with Crippen molar-refractivity contribution in [3.63, 3.8) is 0 Å². The zero-order valence-corrected chi connectivity index (χ0v) is 10.9. The third-order valence-electron chi connectivity index (χ3n) is 2.97. The molecule has 0 fully saturated rings. The Morgan fingerprint density at radius 2 is 1.75 bits per heavy atom. The Hall–Kier alpha value is -2.46. The van der Waals surface area contributed by atoms with Gasteiger partial charge >= 0.3 is 0 Å². The van der Waals surface area contributed by atoms with Crippen LogP contribution in [0.2, 0.25) is 0 Å². The van der Waals surface area contributed by atoms with Crippen molar-refractivity contribution in [1.82, 2.24) is 0 Å². The van der Waals surface area contributed by atoms with E-state index in [1.165, 1.54) is 12.1 Å². The topological polar surface area (TPSA) is 80.4 Å². The lowest BCUT2D eigenvalue weighted by molar-refractivity contribution is -0.117. The van der Waals surface area contributed by atoms with Crippen LogP contribution < -0.4 is 5.73 Å². The van der Waals surface area contributed by atoms with Crippen molar-refractivity contribution in [3.8, 4) is 5.75 Å². The molecule has 0 aliphatic carbocycles. The molecule has 0 aliphatic heterocycles.